The molecule has 0 atom stereocenters. The topological polar surface area (TPSA) is 80.3 Å². The average molecular weight is 410 g/mol. The Labute approximate surface area is 173 Å². The van der Waals surface area contributed by atoms with Crippen LogP contribution in [0.15, 0.2) is 60.7 Å². The van der Waals surface area contributed by atoms with E-state index in [-0.39, 0.29) is 12.5 Å². The van der Waals surface area contributed by atoms with Crippen LogP contribution in [-0.4, -0.2) is 23.6 Å². The summed E-state index contributed by atoms with van der Waals surface area (Å²) in [5.41, 5.74) is 2.70. The second kappa shape index (κ2) is 10.4. The van der Waals surface area contributed by atoms with Crippen LogP contribution in [0.5, 0.6) is 0 Å². The Hall–Kier alpha value is -3.19. The minimum Gasteiger partial charge on any atom is -0.450 e. The fourth-order valence-corrected chi connectivity index (χ4v) is 3.68. The quantitative estimate of drug-likeness (QED) is 0.526. The SMILES string of the molecule is CCOC(=O)Nc1nc(-c2ccccc2)c(NC(=O)CCCc2ccccc2)s1. The van der Waals surface area contributed by atoms with Crippen LogP contribution in [0.2, 0.25) is 0 Å². The predicted molar refractivity (Wildman–Crippen MR) is 116 cm³/mol. The summed E-state index contributed by atoms with van der Waals surface area (Å²) in [6, 6.07) is 19.6. The van der Waals surface area contributed by atoms with E-state index in [0.29, 0.717) is 22.2 Å². The Morgan fingerprint density at radius 3 is 2.38 bits per heavy atom. The molecule has 0 aliphatic carbocycles. The van der Waals surface area contributed by atoms with Crippen LogP contribution in [0.4, 0.5) is 14.9 Å². The summed E-state index contributed by atoms with van der Waals surface area (Å²) in [5.74, 6) is -0.0792. The van der Waals surface area contributed by atoms with E-state index in [1.807, 2.05) is 48.5 Å². The number of hydrogen-bond donors (Lipinski definition) is 2. The molecule has 3 rings (SSSR count). The van der Waals surface area contributed by atoms with E-state index in [4.69, 9.17) is 4.74 Å². The third-order valence-electron chi connectivity index (χ3n) is 4.12. The van der Waals surface area contributed by atoms with Crippen molar-refractivity contribution in [3.05, 3.63) is 66.2 Å². The number of nitrogens with zero attached hydrogens (tertiary/aromatic N) is 1. The largest absolute Gasteiger partial charge is 0.450 e. The Kier molecular flexibility index (Phi) is 7.35. The van der Waals surface area contributed by atoms with Crippen molar-refractivity contribution in [2.45, 2.75) is 26.2 Å². The van der Waals surface area contributed by atoms with Crippen molar-refractivity contribution in [1.82, 2.24) is 4.98 Å². The third kappa shape index (κ3) is 6.15. The molecule has 0 spiro atoms. The lowest BCUT2D eigenvalue weighted by Crippen LogP contribution is -2.12. The van der Waals surface area contributed by atoms with Gasteiger partial charge in [0.25, 0.3) is 0 Å². The Bertz CT molecular complexity index is 942. The molecule has 0 saturated heterocycles. The zero-order valence-corrected chi connectivity index (χ0v) is 17.0. The maximum atomic E-state index is 12.5. The second-order valence-electron chi connectivity index (χ2n) is 6.30. The molecule has 1 heterocycles. The molecule has 0 aliphatic heterocycles. The lowest BCUT2D eigenvalue weighted by atomic mass is 10.1. The van der Waals surface area contributed by atoms with Crippen molar-refractivity contribution in [2.75, 3.05) is 17.2 Å². The maximum Gasteiger partial charge on any atom is 0.413 e. The first-order chi connectivity index (χ1) is 14.2. The predicted octanol–water partition coefficient (Wildman–Crippen LogP) is 5.34. The monoisotopic (exact) mass is 409 g/mol. The molecule has 6 nitrogen and oxygen atoms in total. The van der Waals surface area contributed by atoms with E-state index in [9.17, 15) is 9.59 Å². The van der Waals surface area contributed by atoms with Crippen LogP contribution in [0.1, 0.15) is 25.3 Å². The van der Waals surface area contributed by atoms with Crippen LogP contribution in [-0.2, 0) is 16.0 Å². The molecule has 2 amide bonds. The van der Waals surface area contributed by atoms with Gasteiger partial charge in [-0.15, -0.1) is 0 Å². The van der Waals surface area contributed by atoms with Gasteiger partial charge in [-0.1, -0.05) is 72.0 Å². The lowest BCUT2D eigenvalue weighted by molar-refractivity contribution is -0.116. The van der Waals surface area contributed by atoms with Gasteiger partial charge in [0.05, 0.1) is 6.61 Å². The smallest absolute Gasteiger partial charge is 0.413 e. The number of amides is 2. The van der Waals surface area contributed by atoms with Crippen molar-refractivity contribution in [1.29, 1.82) is 0 Å². The minimum absolute atomic E-state index is 0.0792. The fourth-order valence-electron chi connectivity index (χ4n) is 2.79. The first kappa shape index (κ1) is 20.5. The molecular weight excluding hydrogens is 386 g/mol. The zero-order valence-electron chi connectivity index (χ0n) is 16.2. The Balaban J connectivity index is 1.68. The number of carbonyl (C=O) groups excluding carboxylic acids is 2. The van der Waals surface area contributed by atoms with Gasteiger partial charge in [0.1, 0.15) is 10.7 Å². The van der Waals surface area contributed by atoms with E-state index in [1.54, 1.807) is 6.92 Å². The fraction of sp³-hybridized carbons (Fsp3) is 0.227. The summed E-state index contributed by atoms with van der Waals surface area (Å²) in [7, 11) is 0. The standard InChI is InChI=1S/C22H23N3O3S/c1-2-28-22(27)25-21-24-19(17-13-7-4-8-14-17)20(29-21)23-18(26)15-9-12-16-10-5-3-6-11-16/h3-8,10-11,13-14H,2,9,12,15H2,1H3,(H,23,26)(H,24,25,27). The molecule has 0 fully saturated rings. The molecule has 2 N–H and O–H groups in total. The first-order valence-electron chi connectivity index (χ1n) is 9.49. The number of aromatic nitrogens is 1. The van der Waals surface area contributed by atoms with Gasteiger partial charge in [0.15, 0.2) is 5.13 Å². The maximum absolute atomic E-state index is 12.5. The third-order valence-corrected chi connectivity index (χ3v) is 5.01. The normalized spacial score (nSPS) is 10.4. The number of carbonyl (C=O) groups is 2. The van der Waals surface area contributed by atoms with E-state index in [1.165, 1.54) is 16.9 Å². The van der Waals surface area contributed by atoms with Crippen molar-refractivity contribution in [2.24, 2.45) is 0 Å². The van der Waals surface area contributed by atoms with Crippen molar-refractivity contribution in [3.63, 3.8) is 0 Å². The minimum atomic E-state index is -0.568. The molecule has 0 unspecified atom stereocenters. The number of benzene rings is 2. The van der Waals surface area contributed by atoms with Crippen molar-refractivity contribution < 1.29 is 14.3 Å². The van der Waals surface area contributed by atoms with Crippen LogP contribution in [0, 0.1) is 0 Å². The zero-order chi connectivity index (χ0) is 20.5. The summed E-state index contributed by atoms with van der Waals surface area (Å²) in [5, 5.41) is 6.53. The number of anilines is 2. The average Bonchev–Trinajstić information content (AvgIpc) is 3.11. The van der Waals surface area contributed by atoms with Crippen LogP contribution < -0.4 is 10.6 Å². The van der Waals surface area contributed by atoms with E-state index >= 15 is 0 Å². The highest BCUT2D eigenvalue weighted by Gasteiger charge is 2.17. The van der Waals surface area contributed by atoms with Gasteiger partial charge in [0, 0.05) is 12.0 Å². The van der Waals surface area contributed by atoms with Crippen molar-refractivity contribution >= 4 is 33.5 Å². The molecule has 29 heavy (non-hydrogen) atoms. The summed E-state index contributed by atoms with van der Waals surface area (Å²) in [4.78, 5) is 28.7. The van der Waals surface area contributed by atoms with E-state index in [2.05, 4.69) is 27.8 Å². The number of nitrogens with one attached hydrogen (secondary N) is 2. The second-order valence-corrected chi connectivity index (χ2v) is 7.29. The number of hydrogen-bond acceptors (Lipinski definition) is 5. The summed E-state index contributed by atoms with van der Waals surface area (Å²) in [6.07, 6.45) is 1.44. The summed E-state index contributed by atoms with van der Waals surface area (Å²) < 4.78 is 4.91. The van der Waals surface area contributed by atoms with Gasteiger partial charge in [-0.2, -0.15) is 0 Å². The molecule has 3 aromatic rings. The first-order valence-corrected chi connectivity index (χ1v) is 10.3. The summed E-state index contributed by atoms with van der Waals surface area (Å²) in [6.45, 7) is 2.01. The number of rotatable bonds is 8. The van der Waals surface area contributed by atoms with Gasteiger partial charge in [-0.3, -0.25) is 10.1 Å². The van der Waals surface area contributed by atoms with Gasteiger partial charge in [-0.25, -0.2) is 9.78 Å². The number of thiazole rings is 1. The van der Waals surface area contributed by atoms with Gasteiger partial charge < -0.3 is 10.1 Å². The van der Waals surface area contributed by atoms with Crippen LogP contribution in [0.3, 0.4) is 0 Å². The molecule has 0 aliphatic rings. The molecule has 2 aromatic carbocycles. The Morgan fingerprint density at radius 1 is 1.00 bits per heavy atom. The molecule has 0 saturated carbocycles. The van der Waals surface area contributed by atoms with Crippen molar-refractivity contribution in [3.8, 4) is 11.3 Å². The summed E-state index contributed by atoms with van der Waals surface area (Å²) >= 11 is 1.21. The number of aryl methyl sites for hydroxylation is 1. The molecule has 7 heteroatoms. The molecule has 0 bridgehead atoms. The highest BCUT2D eigenvalue weighted by molar-refractivity contribution is 7.20. The number of ether oxygens (including phenoxy) is 1. The highest BCUT2D eigenvalue weighted by Crippen LogP contribution is 2.36. The highest BCUT2D eigenvalue weighted by atomic mass is 32.1. The van der Waals surface area contributed by atoms with Gasteiger partial charge >= 0.3 is 6.09 Å². The lowest BCUT2D eigenvalue weighted by Gasteiger charge is -2.05. The Morgan fingerprint density at radius 2 is 1.69 bits per heavy atom. The molecule has 150 valence electrons. The molecule has 1 aromatic heterocycles. The molecular formula is C22H23N3O3S. The van der Waals surface area contributed by atoms with Crippen LogP contribution in [0.25, 0.3) is 11.3 Å². The van der Waals surface area contributed by atoms with E-state index in [0.717, 1.165) is 18.4 Å². The van der Waals surface area contributed by atoms with Gasteiger partial charge in [-0.05, 0) is 25.3 Å². The molecule has 0 radical (unpaired) electrons. The van der Waals surface area contributed by atoms with Crippen LogP contribution >= 0.6 is 11.3 Å². The van der Waals surface area contributed by atoms with E-state index < -0.39 is 6.09 Å². The van der Waals surface area contributed by atoms with Gasteiger partial charge in [0.2, 0.25) is 5.91 Å².